The van der Waals surface area contributed by atoms with E-state index >= 15 is 0 Å². The van der Waals surface area contributed by atoms with Crippen molar-refractivity contribution >= 4 is 0 Å². The molecule has 0 aliphatic heterocycles. The molecule has 0 saturated carbocycles. The average molecular weight is 375 g/mol. The van der Waals surface area contributed by atoms with Crippen molar-refractivity contribution in [3.05, 3.63) is 58.7 Å². The van der Waals surface area contributed by atoms with Gasteiger partial charge in [-0.15, -0.1) is 0 Å². The monoisotopic (exact) mass is 374 g/mol. The molecule has 0 radical (unpaired) electrons. The van der Waals surface area contributed by atoms with E-state index in [0.717, 1.165) is 38.5 Å². The number of unbranched alkanes of at least 4 members (excludes halogenated alkanes) is 1. The van der Waals surface area contributed by atoms with Gasteiger partial charge < -0.3 is 10.2 Å². The quantitative estimate of drug-likeness (QED) is 0.259. The third kappa shape index (κ3) is 15.4. The second-order valence-corrected chi connectivity index (χ2v) is 7.96. The van der Waals surface area contributed by atoms with Crippen LogP contribution in [0.25, 0.3) is 0 Å². The highest BCUT2D eigenvalue weighted by Gasteiger charge is 2.07. The summed E-state index contributed by atoms with van der Waals surface area (Å²) in [6.07, 6.45) is 16.9. The fourth-order valence-corrected chi connectivity index (χ4v) is 2.77. The smallest absolute Gasteiger partial charge is 0.0772 e. The molecular formula is C25H42O2. The van der Waals surface area contributed by atoms with Crippen LogP contribution in [0.1, 0.15) is 86.0 Å². The van der Waals surface area contributed by atoms with Crippen LogP contribution >= 0.6 is 0 Å². The molecule has 0 heterocycles. The number of aliphatic hydroxyl groups is 2. The molecule has 27 heavy (non-hydrogen) atoms. The van der Waals surface area contributed by atoms with Gasteiger partial charge in [0, 0.05) is 0 Å². The lowest BCUT2D eigenvalue weighted by Crippen LogP contribution is -2.12. The zero-order chi connectivity index (χ0) is 20.7. The summed E-state index contributed by atoms with van der Waals surface area (Å²) in [5.41, 5.74) is 6.15. The summed E-state index contributed by atoms with van der Waals surface area (Å²) >= 11 is 0. The first-order chi connectivity index (χ1) is 12.8. The molecule has 0 amide bonds. The Labute approximate surface area is 168 Å². The van der Waals surface area contributed by atoms with Gasteiger partial charge in [0.25, 0.3) is 0 Å². The predicted molar refractivity (Wildman–Crippen MR) is 120 cm³/mol. The van der Waals surface area contributed by atoms with Gasteiger partial charge in [0.05, 0.1) is 12.7 Å². The van der Waals surface area contributed by atoms with Crippen LogP contribution in [0.2, 0.25) is 0 Å². The Bertz CT molecular complexity index is 543. The van der Waals surface area contributed by atoms with Gasteiger partial charge in [-0.05, 0) is 91.6 Å². The van der Waals surface area contributed by atoms with Crippen molar-refractivity contribution in [2.45, 2.75) is 92.1 Å². The summed E-state index contributed by atoms with van der Waals surface area (Å²) in [6.45, 7) is 14.4. The fraction of sp³-hybridized carbons (Fsp3) is 0.600. The molecule has 1 atom stereocenters. The highest BCUT2D eigenvalue weighted by atomic mass is 16.3. The first-order valence-electron chi connectivity index (χ1n) is 10.3. The summed E-state index contributed by atoms with van der Waals surface area (Å²) in [6, 6.07) is 0. The average Bonchev–Trinajstić information content (AvgIpc) is 2.62. The summed E-state index contributed by atoms with van der Waals surface area (Å²) < 4.78 is 0. The molecule has 2 N–H and O–H groups in total. The van der Waals surface area contributed by atoms with Crippen molar-refractivity contribution in [3.8, 4) is 0 Å². The van der Waals surface area contributed by atoms with Gasteiger partial charge >= 0.3 is 0 Å². The van der Waals surface area contributed by atoms with Crippen molar-refractivity contribution in [1.82, 2.24) is 0 Å². The molecule has 0 aromatic heterocycles. The minimum Gasteiger partial charge on any atom is -0.392 e. The zero-order valence-corrected chi connectivity index (χ0v) is 18.4. The first kappa shape index (κ1) is 25.6. The normalized spacial score (nSPS) is 14.3. The minimum atomic E-state index is -0.598. The van der Waals surface area contributed by atoms with Gasteiger partial charge in [-0.25, -0.2) is 0 Å². The maximum Gasteiger partial charge on any atom is 0.0772 e. The Kier molecular flexibility index (Phi) is 14.9. The summed E-state index contributed by atoms with van der Waals surface area (Å²) in [7, 11) is 0. The maximum absolute atomic E-state index is 9.80. The molecule has 2 nitrogen and oxygen atoms in total. The van der Waals surface area contributed by atoms with Crippen molar-refractivity contribution in [2.24, 2.45) is 0 Å². The molecule has 154 valence electrons. The highest BCUT2D eigenvalue weighted by Crippen LogP contribution is 2.14. The third-order valence-electron chi connectivity index (χ3n) is 4.76. The maximum atomic E-state index is 9.80. The van der Waals surface area contributed by atoms with Gasteiger partial charge in [-0.1, -0.05) is 53.2 Å². The third-order valence-corrected chi connectivity index (χ3v) is 4.76. The second-order valence-electron chi connectivity index (χ2n) is 7.96. The minimum absolute atomic E-state index is 0.141. The number of allylic oxidation sites excluding steroid dienone is 8. The van der Waals surface area contributed by atoms with Crippen molar-refractivity contribution in [1.29, 1.82) is 0 Å². The van der Waals surface area contributed by atoms with Crippen LogP contribution in [-0.2, 0) is 0 Å². The lowest BCUT2D eigenvalue weighted by Gasteiger charge is -2.11. The Morgan fingerprint density at radius 1 is 0.741 bits per heavy atom. The molecule has 2 heteroatoms. The second kappa shape index (κ2) is 15.7. The van der Waals surface area contributed by atoms with E-state index in [1.54, 1.807) is 0 Å². The van der Waals surface area contributed by atoms with Crippen molar-refractivity contribution in [2.75, 3.05) is 6.61 Å². The molecule has 0 aromatic rings. The Balaban J connectivity index is 4.04. The number of rotatable bonds is 14. The van der Waals surface area contributed by atoms with E-state index in [4.69, 9.17) is 5.11 Å². The van der Waals surface area contributed by atoms with Crippen LogP contribution in [-0.4, -0.2) is 22.9 Å². The Hall–Kier alpha value is -1.38. The number of hydrogen-bond donors (Lipinski definition) is 2. The lowest BCUT2D eigenvalue weighted by molar-refractivity contribution is 0.179. The molecule has 0 saturated heterocycles. The predicted octanol–water partition coefficient (Wildman–Crippen LogP) is 6.82. The number of hydrogen-bond acceptors (Lipinski definition) is 2. The van der Waals surface area contributed by atoms with Crippen molar-refractivity contribution in [3.63, 3.8) is 0 Å². The molecule has 0 aliphatic carbocycles. The molecule has 0 rings (SSSR count). The van der Waals surface area contributed by atoms with Gasteiger partial charge in [0.2, 0.25) is 0 Å². The standard InChI is InChI=1S/C25H42O2/c1-20(2)11-9-14-22(4)16-10-15-21(3)12-7-8-13-23(5)17-18-25(27)24(6)19-26/h11-13,16,25-27H,6-10,14-15,17-19H2,1-5H3/b21-12+,22-16+,23-13+. The molecule has 0 fully saturated rings. The van der Waals surface area contributed by atoms with Gasteiger partial charge in [0.15, 0.2) is 0 Å². The van der Waals surface area contributed by atoms with Gasteiger partial charge in [-0.3, -0.25) is 0 Å². The lowest BCUT2D eigenvalue weighted by atomic mass is 10.0. The van der Waals surface area contributed by atoms with E-state index in [0.29, 0.717) is 12.0 Å². The van der Waals surface area contributed by atoms with Crippen LogP contribution in [0.4, 0.5) is 0 Å². The van der Waals surface area contributed by atoms with E-state index in [1.807, 2.05) is 0 Å². The summed E-state index contributed by atoms with van der Waals surface area (Å²) in [5, 5.41) is 18.8. The molecule has 0 bridgehead atoms. The highest BCUT2D eigenvalue weighted by molar-refractivity contribution is 5.07. The Morgan fingerprint density at radius 3 is 1.67 bits per heavy atom. The fourth-order valence-electron chi connectivity index (χ4n) is 2.77. The van der Waals surface area contributed by atoms with E-state index in [9.17, 15) is 5.11 Å². The molecular weight excluding hydrogens is 332 g/mol. The van der Waals surface area contributed by atoms with Crippen LogP contribution in [0, 0.1) is 0 Å². The van der Waals surface area contributed by atoms with Crippen LogP contribution in [0.3, 0.4) is 0 Å². The summed E-state index contributed by atoms with van der Waals surface area (Å²) in [4.78, 5) is 0. The molecule has 0 spiro atoms. The van der Waals surface area contributed by atoms with Crippen LogP contribution in [0.5, 0.6) is 0 Å². The van der Waals surface area contributed by atoms with Gasteiger partial charge in [-0.2, -0.15) is 0 Å². The van der Waals surface area contributed by atoms with E-state index in [1.165, 1.54) is 28.7 Å². The first-order valence-corrected chi connectivity index (χ1v) is 10.3. The topological polar surface area (TPSA) is 40.5 Å². The van der Waals surface area contributed by atoms with E-state index < -0.39 is 6.10 Å². The van der Waals surface area contributed by atoms with E-state index in [2.05, 4.69) is 65.5 Å². The van der Waals surface area contributed by atoms with E-state index in [-0.39, 0.29) is 6.61 Å². The largest absolute Gasteiger partial charge is 0.392 e. The Morgan fingerprint density at radius 2 is 1.19 bits per heavy atom. The zero-order valence-electron chi connectivity index (χ0n) is 18.4. The molecule has 0 aromatic carbocycles. The van der Waals surface area contributed by atoms with Crippen molar-refractivity contribution < 1.29 is 10.2 Å². The van der Waals surface area contributed by atoms with Crippen LogP contribution < -0.4 is 0 Å². The van der Waals surface area contributed by atoms with Gasteiger partial charge in [0.1, 0.15) is 0 Å². The molecule has 0 aliphatic rings. The SMILES string of the molecule is C=C(CO)C(O)CC/C(C)=C/CC/C=C(\C)CC/C=C(\C)CCC=C(C)C. The number of aliphatic hydroxyl groups excluding tert-OH is 2. The molecule has 1 unspecified atom stereocenters. The summed E-state index contributed by atoms with van der Waals surface area (Å²) in [5.74, 6) is 0. The van der Waals surface area contributed by atoms with Crippen LogP contribution in [0.15, 0.2) is 58.7 Å².